The molecule has 1 aliphatic heterocycles. The number of carbonyl (C=O) groups is 2. The quantitative estimate of drug-likeness (QED) is 0.674. The van der Waals surface area contributed by atoms with Gasteiger partial charge in [-0.2, -0.15) is 0 Å². The van der Waals surface area contributed by atoms with E-state index in [0.29, 0.717) is 19.4 Å². The van der Waals surface area contributed by atoms with E-state index in [0.717, 1.165) is 0 Å². The molecule has 92 valence electrons. The van der Waals surface area contributed by atoms with Crippen molar-refractivity contribution >= 4 is 11.6 Å². The number of hydrogen-bond acceptors (Lipinski definition) is 4. The van der Waals surface area contributed by atoms with E-state index >= 15 is 0 Å². The standard InChI is InChI=1S/C12H20O4/c1-9(13)7-10(14)5-6-12(4)8-15-11(2,3)16-12/h5-8H2,1-4H3/t12-/m0/s1. The Labute approximate surface area is 96.3 Å². The van der Waals surface area contributed by atoms with Crippen molar-refractivity contribution in [3.63, 3.8) is 0 Å². The molecule has 16 heavy (non-hydrogen) atoms. The highest BCUT2D eigenvalue weighted by molar-refractivity contribution is 5.97. The predicted molar refractivity (Wildman–Crippen MR) is 59.1 cm³/mol. The molecule has 0 aromatic rings. The van der Waals surface area contributed by atoms with Crippen LogP contribution in [0.2, 0.25) is 0 Å². The van der Waals surface area contributed by atoms with Gasteiger partial charge in [0.2, 0.25) is 0 Å². The highest BCUT2D eigenvalue weighted by Gasteiger charge is 2.41. The largest absolute Gasteiger partial charge is 0.348 e. The first-order valence-electron chi connectivity index (χ1n) is 5.58. The second-order valence-corrected chi connectivity index (χ2v) is 5.16. The Hall–Kier alpha value is -0.740. The van der Waals surface area contributed by atoms with Gasteiger partial charge < -0.3 is 9.47 Å². The highest BCUT2D eigenvalue weighted by atomic mass is 16.7. The molecule has 0 aliphatic carbocycles. The fourth-order valence-corrected chi connectivity index (χ4v) is 1.87. The summed E-state index contributed by atoms with van der Waals surface area (Å²) in [5, 5.41) is 0. The lowest BCUT2D eigenvalue weighted by molar-refractivity contribution is -0.159. The molecule has 1 saturated heterocycles. The van der Waals surface area contributed by atoms with Crippen molar-refractivity contribution in [3.8, 4) is 0 Å². The van der Waals surface area contributed by atoms with Crippen LogP contribution in [0.4, 0.5) is 0 Å². The Morgan fingerprint density at radius 3 is 2.31 bits per heavy atom. The number of ketones is 2. The first-order valence-corrected chi connectivity index (χ1v) is 5.58. The molecule has 1 rings (SSSR count). The smallest absolute Gasteiger partial charge is 0.163 e. The molecule has 0 aromatic heterocycles. The van der Waals surface area contributed by atoms with E-state index in [1.165, 1.54) is 6.92 Å². The van der Waals surface area contributed by atoms with E-state index in [2.05, 4.69) is 0 Å². The van der Waals surface area contributed by atoms with Crippen LogP contribution < -0.4 is 0 Å². The maximum Gasteiger partial charge on any atom is 0.163 e. The van der Waals surface area contributed by atoms with Crippen molar-refractivity contribution in [2.45, 2.75) is 58.3 Å². The van der Waals surface area contributed by atoms with Gasteiger partial charge in [0, 0.05) is 6.42 Å². The molecule has 4 heteroatoms. The molecular weight excluding hydrogens is 208 g/mol. The van der Waals surface area contributed by atoms with Crippen molar-refractivity contribution in [2.24, 2.45) is 0 Å². The van der Waals surface area contributed by atoms with E-state index in [1.54, 1.807) is 0 Å². The van der Waals surface area contributed by atoms with Gasteiger partial charge in [-0.25, -0.2) is 0 Å². The molecule has 4 nitrogen and oxygen atoms in total. The molecule has 0 radical (unpaired) electrons. The van der Waals surface area contributed by atoms with Crippen LogP contribution in [0.25, 0.3) is 0 Å². The summed E-state index contributed by atoms with van der Waals surface area (Å²) < 4.78 is 11.2. The molecule has 0 unspecified atom stereocenters. The van der Waals surface area contributed by atoms with Crippen LogP contribution >= 0.6 is 0 Å². The van der Waals surface area contributed by atoms with Crippen LogP contribution in [-0.2, 0) is 19.1 Å². The van der Waals surface area contributed by atoms with Gasteiger partial charge in [0.15, 0.2) is 5.79 Å². The summed E-state index contributed by atoms with van der Waals surface area (Å²) in [6.45, 7) is 7.57. The van der Waals surface area contributed by atoms with Gasteiger partial charge >= 0.3 is 0 Å². The molecular formula is C12H20O4. The summed E-state index contributed by atoms with van der Waals surface area (Å²) in [6.07, 6.45) is 0.998. The predicted octanol–water partition coefficient (Wildman–Crippen LogP) is 1.86. The Bertz CT molecular complexity index is 295. The van der Waals surface area contributed by atoms with Crippen molar-refractivity contribution in [1.29, 1.82) is 0 Å². The van der Waals surface area contributed by atoms with Crippen molar-refractivity contribution in [3.05, 3.63) is 0 Å². The first-order chi connectivity index (χ1) is 7.22. The summed E-state index contributed by atoms with van der Waals surface area (Å²) in [5.74, 6) is -0.681. The Morgan fingerprint density at radius 1 is 1.25 bits per heavy atom. The fourth-order valence-electron chi connectivity index (χ4n) is 1.87. The van der Waals surface area contributed by atoms with E-state index in [-0.39, 0.29) is 18.0 Å². The van der Waals surface area contributed by atoms with Crippen LogP contribution in [0, 0.1) is 0 Å². The maximum atomic E-state index is 11.4. The lowest BCUT2D eigenvalue weighted by Gasteiger charge is -2.24. The third-order valence-electron chi connectivity index (χ3n) is 2.60. The second kappa shape index (κ2) is 4.63. The summed E-state index contributed by atoms with van der Waals surface area (Å²) >= 11 is 0. The van der Waals surface area contributed by atoms with Crippen LogP contribution in [0.3, 0.4) is 0 Å². The van der Waals surface area contributed by atoms with Crippen molar-refractivity contribution in [2.75, 3.05) is 6.61 Å². The van der Waals surface area contributed by atoms with E-state index < -0.39 is 11.4 Å². The summed E-state index contributed by atoms with van der Waals surface area (Å²) in [4.78, 5) is 22.2. The minimum absolute atomic E-state index is 0.0259. The third-order valence-corrected chi connectivity index (χ3v) is 2.60. The SMILES string of the molecule is CC(=O)CC(=O)CC[C@@]1(C)COC(C)(C)O1. The number of ether oxygens (including phenoxy) is 2. The topological polar surface area (TPSA) is 52.6 Å². The number of hydrogen-bond donors (Lipinski definition) is 0. The average Bonchev–Trinajstić information content (AvgIpc) is 2.37. The maximum absolute atomic E-state index is 11.4. The second-order valence-electron chi connectivity index (χ2n) is 5.16. The van der Waals surface area contributed by atoms with E-state index in [9.17, 15) is 9.59 Å². The molecule has 1 aliphatic rings. The van der Waals surface area contributed by atoms with Crippen molar-refractivity contribution in [1.82, 2.24) is 0 Å². The van der Waals surface area contributed by atoms with E-state index in [4.69, 9.17) is 9.47 Å². The zero-order valence-electron chi connectivity index (χ0n) is 10.5. The van der Waals surface area contributed by atoms with Crippen LogP contribution in [0.5, 0.6) is 0 Å². The van der Waals surface area contributed by atoms with Gasteiger partial charge in [0.1, 0.15) is 11.6 Å². The molecule has 0 aromatic carbocycles. The Morgan fingerprint density at radius 2 is 1.88 bits per heavy atom. The summed E-state index contributed by atoms with van der Waals surface area (Å²) in [5.41, 5.74) is -0.407. The normalized spacial score (nSPS) is 28.0. The van der Waals surface area contributed by atoms with Crippen molar-refractivity contribution < 1.29 is 19.1 Å². The summed E-state index contributed by atoms with van der Waals surface area (Å²) in [7, 11) is 0. The third kappa shape index (κ3) is 4.02. The molecule has 0 saturated carbocycles. The molecule has 0 amide bonds. The fraction of sp³-hybridized carbons (Fsp3) is 0.833. The average molecular weight is 228 g/mol. The summed E-state index contributed by atoms with van der Waals surface area (Å²) in [6, 6.07) is 0. The number of carbonyl (C=O) groups excluding carboxylic acids is 2. The molecule has 0 N–H and O–H groups in total. The zero-order chi connectivity index (χ0) is 12.4. The Kier molecular flexibility index (Phi) is 3.86. The molecule has 0 spiro atoms. The van der Waals surface area contributed by atoms with Gasteiger partial charge in [-0.15, -0.1) is 0 Å². The lowest BCUT2D eigenvalue weighted by atomic mass is 9.98. The minimum atomic E-state index is -0.571. The molecule has 0 bridgehead atoms. The zero-order valence-corrected chi connectivity index (χ0v) is 10.5. The van der Waals surface area contributed by atoms with Crippen LogP contribution in [-0.4, -0.2) is 29.6 Å². The monoisotopic (exact) mass is 228 g/mol. The van der Waals surface area contributed by atoms with Crippen LogP contribution in [0.15, 0.2) is 0 Å². The number of rotatable bonds is 5. The van der Waals surface area contributed by atoms with Gasteiger partial charge in [0.05, 0.1) is 18.6 Å². The lowest BCUT2D eigenvalue weighted by Crippen LogP contribution is -2.31. The van der Waals surface area contributed by atoms with Gasteiger partial charge in [-0.3, -0.25) is 9.59 Å². The highest BCUT2D eigenvalue weighted by Crippen LogP contribution is 2.33. The van der Waals surface area contributed by atoms with Gasteiger partial charge in [-0.1, -0.05) is 0 Å². The molecule has 1 heterocycles. The van der Waals surface area contributed by atoms with E-state index in [1.807, 2.05) is 20.8 Å². The Balaban J connectivity index is 2.38. The van der Waals surface area contributed by atoms with Gasteiger partial charge in [0.25, 0.3) is 0 Å². The molecule has 1 atom stereocenters. The first kappa shape index (κ1) is 13.3. The number of Topliss-reactive ketones (excluding diaryl/α,β-unsaturated/α-hetero) is 2. The van der Waals surface area contributed by atoms with Crippen LogP contribution in [0.1, 0.15) is 47.0 Å². The van der Waals surface area contributed by atoms with Gasteiger partial charge in [-0.05, 0) is 34.1 Å². The molecule has 1 fully saturated rings. The minimum Gasteiger partial charge on any atom is -0.348 e.